The molecule has 0 bridgehead atoms. The topological polar surface area (TPSA) is 177 Å². The van der Waals surface area contributed by atoms with Gasteiger partial charge < -0.3 is 30.2 Å². The number of carboxylic acids is 1. The van der Waals surface area contributed by atoms with E-state index in [-0.39, 0.29) is 18.0 Å². The molecular weight excluding hydrogens is 471 g/mol. The van der Waals surface area contributed by atoms with E-state index in [1.165, 1.54) is 18.6 Å². The van der Waals surface area contributed by atoms with E-state index in [0.717, 1.165) is 5.56 Å². The van der Waals surface area contributed by atoms with Crippen LogP contribution in [-0.2, 0) is 30.1 Å². The van der Waals surface area contributed by atoms with Gasteiger partial charge in [-0.3, -0.25) is 19.4 Å². The number of carboxylic acid groups (broad SMARTS) is 1. The smallest absolute Gasteiger partial charge is 0.506 e. The summed E-state index contributed by atoms with van der Waals surface area (Å²) in [5.74, 6) is -4.73. The van der Waals surface area contributed by atoms with Gasteiger partial charge in [-0.1, -0.05) is 44.2 Å². The maximum absolute atomic E-state index is 13.4. The molecule has 4 N–H and O–H groups in total. The highest BCUT2D eigenvalue weighted by molar-refractivity contribution is 6.51. The minimum absolute atomic E-state index is 0.0165. The van der Waals surface area contributed by atoms with Crippen LogP contribution in [0.5, 0.6) is 0 Å². The fraction of sp³-hybridized carbons (Fsp3) is 0.391. The van der Waals surface area contributed by atoms with Gasteiger partial charge >= 0.3 is 19.1 Å². The van der Waals surface area contributed by atoms with Crippen LogP contribution in [0.25, 0.3) is 0 Å². The molecule has 0 radical (unpaired) electrons. The van der Waals surface area contributed by atoms with Gasteiger partial charge in [-0.25, -0.2) is 9.78 Å². The minimum atomic E-state index is -2.12. The van der Waals surface area contributed by atoms with Crippen LogP contribution in [0.2, 0.25) is 0 Å². The quantitative estimate of drug-likeness (QED) is 0.303. The Balaban J connectivity index is 1.79. The van der Waals surface area contributed by atoms with E-state index in [9.17, 15) is 24.3 Å². The molecule has 1 aromatic heterocycles. The van der Waals surface area contributed by atoms with Gasteiger partial charge in [0.25, 0.3) is 5.91 Å². The number of aliphatic hydroxyl groups excluding tert-OH is 1. The largest absolute Gasteiger partial charge is 0.552 e. The molecule has 1 fully saturated rings. The number of hydrogen-bond donors (Lipinski definition) is 4. The summed E-state index contributed by atoms with van der Waals surface area (Å²) in [5.41, 5.74) is 0.811. The number of amides is 2. The first-order valence-corrected chi connectivity index (χ1v) is 11.3. The molecule has 2 aromatic rings. The fourth-order valence-corrected chi connectivity index (χ4v) is 3.66. The highest BCUT2D eigenvalue weighted by Crippen LogP contribution is 2.20. The molecule has 1 aromatic carbocycles. The minimum Gasteiger partial charge on any atom is -0.506 e. The van der Waals surface area contributed by atoms with Crippen LogP contribution in [0.1, 0.15) is 36.3 Å². The monoisotopic (exact) mass is 498 g/mol. The van der Waals surface area contributed by atoms with Crippen molar-refractivity contribution in [3.8, 4) is 0 Å². The lowest BCUT2D eigenvalue weighted by Crippen LogP contribution is -2.55. The van der Waals surface area contributed by atoms with Crippen molar-refractivity contribution in [2.24, 2.45) is 5.92 Å². The van der Waals surface area contributed by atoms with Gasteiger partial charge in [0.15, 0.2) is 12.2 Å². The third kappa shape index (κ3) is 7.09. The summed E-state index contributed by atoms with van der Waals surface area (Å²) in [5, 5.41) is 24.2. The number of benzene rings is 1. The third-order valence-corrected chi connectivity index (χ3v) is 5.37. The Kier molecular flexibility index (Phi) is 9.09. The van der Waals surface area contributed by atoms with Crippen LogP contribution in [0.3, 0.4) is 0 Å². The Morgan fingerprint density at radius 3 is 2.47 bits per heavy atom. The molecule has 0 aliphatic carbocycles. The normalized spacial score (nSPS) is 17.7. The van der Waals surface area contributed by atoms with Crippen molar-refractivity contribution in [1.82, 2.24) is 20.6 Å². The maximum Gasteiger partial charge on any atom is 0.552 e. The highest BCUT2D eigenvalue weighted by Gasteiger charge is 2.50. The van der Waals surface area contributed by atoms with Gasteiger partial charge in [0.2, 0.25) is 5.91 Å². The van der Waals surface area contributed by atoms with Gasteiger partial charge in [-0.15, -0.1) is 0 Å². The molecule has 3 unspecified atom stereocenters. The second-order valence-corrected chi connectivity index (χ2v) is 8.70. The van der Waals surface area contributed by atoms with E-state index < -0.39 is 55.1 Å². The number of aliphatic hydroxyl groups is 1. The van der Waals surface area contributed by atoms with E-state index in [1.807, 2.05) is 19.9 Å². The van der Waals surface area contributed by atoms with Gasteiger partial charge in [-0.05, 0) is 17.9 Å². The standard InChI is InChI=1S/C23H27BN4O8/c1-13(2)10-17(24-35-19(23(34)36-24)18(29)22(32)33)28-20(30)15(11-14-6-4-3-5-7-14)27-21(31)16-12-25-8-9-26-16/h3-9,12-13,15,17-19,29H,10-11H2,1-2H3,(H,27,31)(H,28,30)(H,32,33)/t15?,17?,18?,19-/m1/s1. The molecule has 0 saturated carbocycles. The van der Waals surface area contributed by atoms with Crippen molar-refractivity contribution in [1.29, 1.82) is 0 Å². The number of aromatic nitrogens is 2. The molecule has 2 amide bonds. The first-order chi connectivity index (χ1) is 17.2. The molecule has 3 rings (SSSR count). The molecule has 1 aliphatic heterocycles. The molecular formula is C23H27BN4O8. The van der Waals surface area contributed by atoms with Gasteiger partial charge in [-0.2, -0.15) is 0 Å². The number of rotatable bonds is 11. The number of nitrogens with zero attached hydrogens (tertiary/aromatic N) is 2. The van der Waals surface area contributed by atoms with E-state index in [4.69, 9.17) is 14.4 Å². The number of aliphatic carboxylic acids is 1. The molecule has 12 nitrogen and oxygen atoms in total. The summed E-state index contributed by atoms with van der Waals surface area (Å²) < 4.78 is 10.5. The summed E-state index contributed by atoms with van der Waals surface area (Å²) in [6.07, 6.45) is 0.653. The lowest BCUT2D eigenvalue weighted by Gasteiger charge is -2.25. The Morgan fingerprint density at radius 2 is 1.86 bits per heavy atom. The fourth-order valence-electron chi connectivity index (χ4n) is 3.66. The number of carbonyl (C=O) groups excluding carboxylic acids is 3. The second-order valence-electron chi connectivity index (χ2n) is 8.70. The molecule has 36 heavy (non-hydrogen) atoms. The van der Waals surface area contributed by atoms with E-state index in [2.05, 4.69) is 20.6 Å². The Labute approximate surface area is 207 Å². The molecule has 4 atom stereocenters. The second kappa shape index (κ2) is 12.2. The van der Waals surface area contributed by atoms with Crippen molar-refractivity contribution in [3.63, 3.8) is 0 Å². The third-order valence-electron chi connectivity index (χ3n) is 5.37. The Bertz CT molecular complexity index is 1070. The van der Waals surface area contributed by atoms with Gasteiger partial charge in [0.1, 0.15) is 11.7 Å². The van der Waals surface area contributed by atoms with Crippen LogP contribution in [-0.4, -0.2) is 75.2 Å². The van der Waals surface area contributed by atoms with Crippen LogP contribution in [0.4, 0.5) is 0 Å². The maximum atomic E-state index is 13.4. The molecule has 1 aliphatic rings. The van der Waals surface area contributed by atoms with Crippen molar-refractivity contribution < 1.29 is 38.7 Å². The van der Waals surface area contributed by atoms with Crippen molar-refractivity contribution in [2.75, 3.05) is 0 Å². The molecule has 0 spiro atoms. The summed E-state index contributed by atoms with van der Waals surface area (Å²) in [4.78, 5) is 57.1. The number of carbonyl (C=O) groups is 4. The molecule has 2 heterocycles. The molecule has 1 saturated heterocycles. The predicted octanol–water partition coefficient (Wildman–Crippen LogP) is -0.236. The molecule has 13 heteroatoms. The van der Waals surface area contributed by atoms with Crippen LogP contribution >= 0.6 is 0 Å². The SMILES string of the molecule is CC(C)CC(NC(=O)C(Cc1ccccc1)NC(=O)c1cnccn1)B1OC(=O)[C@@H](C(O)C(=O)O)O1. The summed E-state index contributed by atoms with van der Waals surface area (Å²) >= 11 is 0. The van der Waals surface area contributed by atoms with E-state index >= 15 is 0 Å². The zero-order valence-corrected chi connectivity index (χ0v) is 19.7. The number of hydrogen-bond acceptors (Lipinski definition) is 9. The first kappa shape index (κ1) is 26.8. The van der Waals surface area contributed by atoms with Crippen LogP contribution in [0.15, 0.2) is 48.9 Å². The Morgan fingerprint density at radius 1 is 1.14 bits per heavy atom. The lowest BCUT2D eigenvalue weighted by atomic mass is 9.74. The van der Waals surface area contributed by atoms with Crippen molar-refractivity contribution >= 4 is 30.9 Å². The molecule has 190 valence electrons. The average Bonchev–Trinajstić information content (AvgIpc) is 3.24. The summed E-state index contributed by atoms with van der Waals surface area (Å²) in [6, 6.07) is 8.00. The van der Waals surface area contributed by atoms with Gasteiger partial charge in [0.05, 0.1) is 12.1 Å². The average molecular weight is 498 g/mol. The van der Waals surface area contributed by atoms with Crippen molar-refractivity contribution in [3.05, 3.63) is 60.2 Å². The summed E-state index contributed by atoms with van der Waals surface area (Å²) in [6.45, 7) is 3.74. The van der Waals surface area contributed by atoms with E-state index in [0.29, 0.717) is 6.42 Å². The summed E-state index contributed by atoms with van der Waals surface area (Å²) in [7, 11) is -1.32. The van der Waals surface area contributed by atoms with Gasteiger partial charge in [0, 0.05) is 18.8 Å². The van der Waals surface area contributed by atoms with Crippen LogP contribution in [0, 0.1) is 5.92 Å². The van der Waals surface area contributed by atoms with E-state index in [1.54, 1.807) is 24.3 Å². The zero-order valence-electron chi connectivity index (χ0n) is 19.7. The van der Waals surface area contributed by atoms with Crippen molar-refractivity contribution in [2.45, 2.75) is 50.9 Å². The predicted molar refractivity (Wildman–Crippen MR) is 125 cm³/mol. The van der Waals surface area contributed by atoms with Crippen LogP contribution < -0.4 is 10.6 Å². The highest BCUT2D eigenvalue weighted by atomic mass is 16.7. The first-order valence-electron chi connectivity index (χ1n) is 11.3. The Hall–Kier alpha value is -3.84. The number of nitrogens with one attached hydrogen (secondary N) is 2. The lowest BCUT2D eigenvalue weighted by molar-refractivity contribution is -0.157. The zero-order chi connectivity index (χ0) is 26.2.